The predicted octanol–water partition coefficient (Wildman–Crippen LogP) is 2.47. The molecule has 0 bridgehead atoms. The SMILES string of the molecule is CC(C)(C)c1ccc2[c](c1)[Bi]([Cl])[c]1ccccc1S2(=O)=O. The summed E-state index contributed by atoms with van der Waals surface area (Å²) in [5.41, 5.74) is 1.12. The molecule has 1 heterocycles. The fourth-order valence-electron chi connectivity index (χ4n) is 2.46. The topological polar surface area (TPSA) is 34.1 Å². The van der Waals surface area contributed by atoms with Crippen molar-refractivity contribution in [1.82, 2.24) is 0 Å². The van der Waals surface area contributed by atoms with Crippen LogP contribution in [0.3, 0.4) is 0 Å². The summed E-state index contributed by atoms with van der Waals surface area (Å²) in [6, 6.07) is 12.9. The molecule has 0 radical (unpaired) electrons. The summed E-state index contributed by atoms with van der Waals surface area (Å²) in [4.78, 5) is 0.829. The molecule has 0 aliphatic carbocycles. The molecule has 0 aromatic heterocycles. The first kappa shape index (κ1) is 15.5. The number of halogens is 1. The molecule has 0 atom stereocenters. The Kier molecular flexibility index (Phi) is 3.71. The monoisotopic (exact) mass is 516 g/mol. The molecule has 2 aromatic carbocycles. The Morgan fingerprint density at radius 1 is 0.952 bits per heavy atom. The summed E-state index contributed by atoms with van der Waals surface area (Å²) in [6.45, 7) is 6.37. The van der Waals surface area contributed by atoms with E-state index in [2.05, 4.69) is 20.8 Å². The Labute approximate surface area is 137 Å². The minimum absolute atomic E-state index is 0.0166. The molecule has 0 saturated heterocycles. The summed E-state index contributed by atoms with van der Waals surface area (Å²) in [6.07, 6.45) is 0. The zero-order chi connectivity index (χ0) is 15.4. The van der Waals surface area contributed by atoms with Gasteiger partial charge in [-0.05, 0) is 0 Å². The van der Waals surface area contributed by atoms with E-state index in [0.717, 1.165) is 12.1 Å². The maximum atomic E-state index is 12.8. The van der Waals surface area contributed by atoms with E-state index in [0.29, 0.717) is 9.79 Å². The van der Waals surface area contributed by atoms with E-state index >= 15 is 0 Å². The van der Waals surface area contributed by atoms with Crippen LogP contribution < -0.4 is 6.54 Å². The van der Waals surface area contributed by atoms with Crippen molar-refractivity contribution in [1.29, 1.82) is 0 Å². The average molecular weight is 517 g/mol. The van der Waals surface area contributed by atoms with Crippen LogP contribution in [0.25, 0.3) is 0 Å². The molecule has 0 fully saturated rings. The van der Waals surface area contributed by atoms with Crippen molar-refractivity contribution in [2.24, 2.45) is 0 Å². The van der Waals surface area contributed by atoms with Crippen LogP contribution in [0.4, 0.5) is 0 Å². The van der Waals surface area contributed by atoms with Crippen molar-refractivity contribution >= 4 is 45.5 Å². The molecule has 21 heavy (non-hydrogen) atoms. The van der Waals surface area contributed by atoms with Crippen LogP contribution in [0, 0.1) is 0 Å². The molecule has 1 aliphatic rings. The first-order valence-electron chi connectivity index (χ1n) is 6.67. The zero-order valence-electron chi connectivity index (χ0n) is 12.1. The van der Waals surface area contributed by atoms with Gasteiger partial charge in [-0.2, -0.15) is 0 Å². The molecule has 0 saturated carbocycles. The van der Waals surface area contributed by atoms with Gasteiger partial charge in [0, 0.05) is 0 Å². The van der Waals surface area contributed by atoms with Gasteiger partial charge >= 0.3 is 138 Å². The number of hydrogen-bond donors (Lipinski definition) is 0. The van der Waals surface area contributed by atoms with Crippen LogP contribution in [0.1, 0.15) is 26.3 Å². The van der Waals surface area contributed by atoms with E-state index < -0.39 is 30.4 Å². The summed E-state index contributed by atoms with van der Waals surface area (Å²) < 4.78 is 27.3. The molecule has 3 rings (SSSR count). The Balaban J connectivity index is 2.31. The maximum absolute atomic E-state index is 12.8. The molecule has 110 valence electrons. The number of sulfone groups is 1. The molecular formula is C16H16BiClO2S. The summed E-state index contributed by atoms with van der Waals surface area (Å²) in [5, 5.41) is 0. The zero-order valence-corrected chi connectivity index (χ0v) is 17.1. The van der Waals surface area contributed by atoms with E-state index in [1.807, 2.05) is 24.3 Å². The van der Waals surface area contributed by atoms with Gasteiger partial charge < -0.3 is 0 Å². The molecule has 1 aliphatic heterocycles. The van der Waals surface area contributed by atoms with E-state index in [9.17, 15) is 8.42 Å². The molecule has 0 spiro atoms. The van der Waals surface area contributed by atoms with Gasteiger partial charge in [-0.15, -0.1) is 0 Å². The Bertz CT molecular complexity index is 822. The third-order valence-electron chi connectivity index (χ3n) is 3.69. The van der Waals surface area contributed by atoms with Gasteiger partial charge in [0.25, 0.3) is 0 Å². The van der Waals surface area contributed by atoms with Gasteiger partial charge in [-0.3, -0.25) is 0 Å². The van der Waals surface area contributed by atoms with E-state index in [1.54, 1.807) is 18.2 Å². The van der Waals surface area contributed by atoms with Crippen molar-refractivity contribution in [2.45, 2.75) is 36.0 Å². The van der Waals surface area contributed by atoms with Crippen LogP contribution in [0.2, 0.25) is 0 Å². The number of fused-ring (bicyclic) bond motifs is 2. The first-order chi connectivity index (χ1) is 9.73. The van der Waals surface area contributed by atoms with Gasteiger partial charge in [0.2, 0.25) is 0 Å². The van der Waals surface area contributed by atoms with Gasteiger partial charge in [0.05, 0.1) is 0 Å². The second-order valence-electron chi connectivity index (χ2n) is 6.18. The predicted molar refractivity (Wildman–Crippen MR) is 87.9 cm³/mol. The van der Waals surface area contributed by atoms with Crippen LogP contribution in [-0.4, -0.2) is 29.0 Å². The molecule has 5 heteroatoms. The normalized spacial score (nSPS) is 17.1. The van der Waals surface area contributed by atoms with Gasteiger partial charge in [-0.1, -0.05) is 0 Å². The molecule has 0 unspecified atom stereocenters. The Morgan fingerprint density at radius 2 is 1.57 bits per heavy atom. The van der Waals surface area contributed by atoms with Crippen molar-refractivity contribution in [2.75, 3.05) is 0 Å². The first-order valence-corrected chi connectivity index (χ1v) is 15.9. The van der Waals surface area contributed by atoms with Crippen LogP contribution in [0.5, 0.6) is 0 Å². The minimum atomic E-state index is -3.43. The van der Waals surface area contributed by atoms with Crippen molar-refractivity contribution in [3.63, 3.8) is 0 Å². The van der Waals surface area contributed by atoms with Crippen LogP contribution >= 0.6 is 8.51 Å². The van der Waals surface area contributed by atoms with Gasteiger partial charge in [0.15, 0.2) is 0 Å². The van der Waals surface area contributed by atoms with E-state index in [1.165, 1.54) is 0 Å². The standard InChI is InChI=1S/C16H16O2S.Bi.ClH/c1-16(2,3)13-9-11-15(12-10-13)19(17,18)14-7-5-4-6-8-14;;/h4-7,9-11H,1-3H3;;1H/q;+1;/p-1. The quantitative estimate of drug-likeness (QED) is 0.504. The second kappa shape index (κ2) is 5.04. The molecule has 2 nitrogen and oxygen atoms in total. The number of benzene rings is 2. The number of rotatable bonds is 0. The molecule has 0 N–H and O–H groups in total. The van der Waals surface area contributed by atoms with Crippen LogP contribution in [0.15, 0.2) is 52.3 Å². The number of hydrogen-bond acceptors (Lipinski definition) is 2. The third-order valence-corrected chi connectivity index (χ3v) is 16.2. The third kappa shape index (κ3) is 2.46. The Morgan fingerprint density at radius 3 is 2.24 bits per heavy atom. The van der Waals surface area contributed by atoms with Crippen molar-refractivity contribution in [3.8, 4) is 0 Å². The average Bonchev–Trinajstić information content (AvgIpc) is 2.44. The fourth-order valence-corrected chi connectivity index (χ4v) is 16.6. The summed E-state index contributed by atoms with van der Waals surface area (Å²) in [7, 11) is 3.34. The van der Waals surface area contributed by atoms with Crippen molar-refractivity contribution in [3.05, 3.63) is 48.0 Å². The summed E-state index contributed by atoms with van der Waals surface area (Å²) in [5.74, 6) is 0. The molecule has 0 amide bonds. The van der Waals surface area contributed by atoms with Crippen LogP contribution in [-0.2, 0) is 15.3 Å². The fraction of sp³-hybridized carbons (Fsp3) is 0.250. The van der Waals surface area contributed by atoms with E-state index in [-0.39, 0.29) is 5.41 Å². The summed E-state index contributed by atoms with van der Waals surface area (Å²) >= 11 is -2.70. The molecular weight excluding hydrogens is 501 g/mol. The van der Waals surface area contributed by atoms with Gasteiger partial charge in [-0.25, -0.2) is 0 Å². The van der Waals surface area contributed by atoms with E-state index in [4.69, 9.17) is 8.51 Å². The second-order valence-corrected chi connectivity index (χ2v) is 17.0. The van der Waals surface area contributed by atoms with Gasteiger partial charge in [0.1, 0.15) is 0 Å². The molecule has 2 aromatic rings. The van der Waals surface area contributed by atoms with Crippen molar-refractivity contribution < 1.29 is 8.42 Å². The Hall–Kier alpha value is -0.437.